The van der Waals surface area contributed by atoms with Crippen molar-refractivity contribution in [2.24, 2.45) is 0 Å². The summed E-state index contributed by atoms with van der Waals surface area (Å²) in [6.45, 7) is 1.51. The molecule has 0 saturated carbocycles. The summed E-state index contributed by atoms with van der Waals surface area (Å²) in [5.41, 5.74) is 0.897. The number of hydrogen-bond acceptors (Lipinski definition) is 8. The summed E-state index contributed by atoms with van der Waals surface area (Å²) in [5, 5.41) is 18.2. The van der Waals surface area contributed by atoms with E-state index in [1.807, 2.05) is 0 Å². The van der Waals surface area contributed by atoms with Crippen LogP contribution in [0, 0.1) is 10.1 Å². The van der Waals surface area contributed by atoms with Gasteiger partial charge in [0.1, 0.15) is 0 Å². The fourth-order valence-corrected chi connectivity index (χ4v) is 4.28. The molecular weight excluding hydrogens is 432 g/mol. The molecule has 0 unspecified atom stereocenters. The first-order chi connectivity index (χ1) is 14.1. The molecule has 10 nitrogen and oxygen atoms in total. The van der Waals surface area contributed by atoms with Crippen LogP contribution < -0.4 is 4.72 Å². The molecule has 0 fully saturated rings. The second-order valence-electron chi connectivity index (χ2n) is 6.10. The third-order valence-corrected chi connectivity index (χ3v) is 7.12. The van der Waals surface area contributed by atoms with Gasteiger partial charge in [-0.15, -0.1) is 10.2 Å². The highest BCUT2D eigenvalue weighted by Gasteiger charge is 2.17. The van der Waals surface area contributed by atoms with E-state index < -0.39 is 24.8 Å². The van der Waals surface area contributed by atoms with Gasteiger partial charge in [0.15, 0.2) is 14.9 Å². The number of sulfonamides is 1. The van der Waals surface area contributed by atoms with Gasteiger partial charge in [0, 0.05) is 23.4 Å². The van der Waals surface area contributed by atoms with Crippen LogP contribution in [0.1, 0.15) is 6.92 Å². The number of nitrogens with one attached hydrogen (secondary N) is 1. The largest absolute Gasteiger partial charge is 0.280 e. The summed E-state index contributed by atoms with van der Waals surface area (Å²) in [6, 6.07) is 13.6. The van der Waals surface area contributed by atoms with E-state index >= 15 is 0 Å². The number of anilines is 1. The fraction of sp³-hybridized carbons (Fsp3) is 0.111. The second-order valence-corrected chi connectivity index (χ2v) is 10.0. The Kier molecular flexibility index (Phi) is 5.80. The van der Waals surface area contributed by atoms with Crippen molar-refractivity contribution in [3.05, 3.63) is 70.8 Å². The van der Waals surface area contributed by atoms with E-state index in [0.717, 1.165) is 24.3 Å². The van der Waals surface area contributed by atoms with Crippen molar-refractivity contribution in [2.45, 2.75) is 16.8 Å². The summed E-state index contributed by atoms with van der Waals surface area (Å²) < 4.78 is 51.2. The SMILES string of the molecule is CCS(=O)(=O)c1ccc(-c2cccc(NS(=O)(=O)c3ccc([N+](=O)[O-])cc3)c2)nn1. The van der Waals surface area contributed by atoms with E-state index in [-0.39, 0.29) is 27.0 Å². The Morgan fingerprint density at radius 2 is 1.67 bits per heavy atom. The van der Waals surface area contributed by atoms with Gasteiger partial charge < -0.3 is 0 Å². The molecule has 1 heterocycles. The number of sulfone groups is 1. The first-order valence-electron chi connectivity index (χ1n) is 8.56. The Morgan fingerprint density at radius 1 is 0.967 bits per heavy atom. The highest BCUT2D eigenvalue weighted by molar-refractivity contribution is 7.92. The van der Waals surface area contributed by atoms with Crippen molar-refractivity contribution >= 4 is 31.2 Å². The molecule has 3 rings (SSSR count). The minimum absolute atomic E-state index is 0.0963. The van der Waals surface area contributed by atoms with E-state index in [1.54, 1.807) is 12.1 Å². The number of aromatic nitrogens is 2. The lowest BCUT2D eigenvalue weighted by molar-refractivity contribution is -0.384. The maximum Gasteiger partial charge on any atom is 0.269 e. The molecule has 156 valence electrons. The quantitative estimate of drug-likeness (QED) is 0.428. The maximum atomic E-state index is 12.5. The smallest absolute Gasteiger partial charge is 0.269 e. The van der Waals surface area contributed by atoms with Crippen molar-refractivity contribution in [2.75, 3.05) is 10.5 Å². The van der Waals surface area contributed by atoms with E-state index in [9.17, 15) is 26.9 Å². The second kappa shape index (κ2) is 8.16. The van der Waals surface area contributed by atoms with Crippen molar-refractivity contribution in [3.8, 4) is 11.3 Å². The molecule has 0 spiro atoms. The van der Waals surface area contributed by atoms with Crippen molar-refractivity contribution in [1.29, 1.82) is 0 Å². The van der Waals surface area contributed by atoms with Crippen LogP contribution in [-0.4, -0.2) is 37.7 Å². The standard InChI is InChI=1S/C18H16N4O6S2/c1-2-29(25,26)18-11-10-17(19-20-18)13-4-3-5-14(12-13)21-30(27,28)16-8-6-15(7-9-16)22(23)24/h3-12,21H,2H2,1H3. The highest BCUT2D eigenvalue weighted by Crippen LogP contribution is 2.24. The van der Waals surface area contributed by atoms with Gasteiger partial charge in [0.2, 0.25) is 0 Å². The number of benzene rings is 2. The molecule has 0 aliphatic rings. The molecule has 0 bridgehead atoms. The molecule has 0 aliphatic heterocycles. The predicted octanol–water partition coefficient (Wildman–Crippen LogP) is 2.65. The zero-order chi connectivity index (χ0) is 21.9. The average Bonchev–Trinajstić information content (AvgIpc) is 2.74. The Bertz CT molecular complexity index is 1290. The molecule has 0 radical (unpaired) electrons. The summed E-state index contributed by atoms with van der Waals surface area (Å²) in [6.07, 6.45) is 0. The minimum Gasteiger partial charge on any atom is -0.280 e. The minimum atomic E-state index is -3.97. The fourth-order valence-electron chi connectivity index (χ4n) is 2.49. The van der Waals surface area contributed by atoms with E-state index in [4.69, 9.17) is 0 Å². The number of hydrogen-bond donors (Lipinski definition) is 1. The van der Waals surface area contributed by atoms with Crippen LogP contribution in [0.15, 0.2) is 70.6 Å². The van der Waals surface area contributed by atoms with Crippen LogP contribution in [0.2, 0.25) is 0 Å². The maximum absolute atomic E-state index is 12.5. The number of nitro groups is 1. The Balaban J connectivity index is 1.85. The number of nitrogens with zero attached hydrogens (tertiary/aromatic N) is 3. The topological polar surface area (TPSA) is 149 Å². The number of non-ortho nitro benzene ring substituents is 1. The monoisotopic (exact) mass is 448 g/mol. The van der Waals surface area contributed by atoms with Crippen molar-refractivity contribution in [3.63, 3.8) is 0 Å². The summed E-state index contributed by atoms with van der Waals surface area (Å²) in [7, 11) is -7.45. The lowest BCUT2D eigenvalue weighted by atomic mass is 10.1. The van der Waals surface area contributed by atoms with Gasteiger partial charge in [-0.2, -0.15) is 0 Å². The van der Waals surface area contributed by atoms with Crippen LogP contribution in [0.4, 0.5) is 11.4 Å². The van der Waals surface area contributed by atoms with Crippen LogP contribution in [0.3, 0.4) is 0 Å². The van der Waals surface area contributed by atoms with Crippen molar-refractivity contribution in [1.82, 2.24) is 10.2 Å². The van der Waals surface area contributed by atoms with Gasteiger partial charge in [0.25, 0.3) is 15.7 Å². The summed E-state index contributed by atoms with van der Waals surface area (Å²) >= 11 is 0. The lowest BCUT2D eigenvalue weighted by Gasteiger charge is -2.09. The molecule has 12 heteroatoms. The number of rotatable bonds is 7. The molecule has 1 N–H and O–H groups in total. The third kappa shape index (κ3) is 4.60. The van der Waals surface area contributed by atoms with Crippen LogP contribution in [0.25, 0.3) is 11.3 Å². The molecule has 0 aliphatic carbocycles. The molecular formula is C18H16N4O6S2. The summed E-state index contributed by atoms with van der Waals surface area (Å²) in [4.78, 5) is 9.96. The third-order valence-electron chi connectivity index (χ3n) is 4.11. The molecule has 2 aromatic carbocycles. The van der Waals surface area contributed by atoms with Gasteiger partial charge >= 0.3 is 0 Å². The molecule has 30 heavy (non-hydrogen) atoms. The van der Waals surface area contributed by atoms with Gasteiger partial charge in [-0.3, -0.25) is 14.8 Å². The van der Waals surface area contributed by atoms with E-state index in [2.05, 4.69) is 14.9 Å². The normalized spacial score (nSPS) is 11.8. The molecule has 0 saturated heterocycles. The Morgan fingerprint density at radius 3 is 2.23 bits per heavy atom. The highest BCUT2D eigenvalue weighted by atomic mass is 32.2. The average molecular weight is 448 g/mol. The van der Waals surface area contributed by atoms with Gasteiger partial charge in [0.05, 0.1) is 21.3 Å². The predicted molar refractivity (Wildman–Crippen MR) is 109 cm³/mol. The Labute approximate surface area is 172 Å². The van der Waals surface area contributed by atoms with E-state index in [1.165, 1.54) is 31.2 Å². The molecule has 0 amide bonds. The molecule has 1 aromatic heterocycles. The first kappa shape index (κ1) is 21.3. The van der Waals surface area contributed by atoms with Crippen molar-refractivity contribution < 1.29 is 21.8 Å². The molecule has 0 atom stereocenters. The Hall–Kier alpha value is -3.38. The first-order valence-corrected chi connectivity index (χ1v) is 11.7. The van der Waals surface area contributed by atoms with Crippen LogP contribution in [0.5, 0.6) is 0 Å². The van der Waals surface area contributed by atoms with E-state index in [0.29, 0.717) is 11.3 Å². The zero-order valence-electron chi connectivity index (χ0n) is 15.6. The van der Waals surface area contributed by atoms with Gasteiger partial charge in [-0.1, -0.05) is 19.1 Å². The zero-order valence-corrected chi connectivity index (χ0v) is 17.2. The van der Waals surface area contributed by atoms with Gasteiger partial charge in [-0.05, 0) is 36.4 Å². The van der Waals surface area contributed by atoms with Crippen LogP contribution >= 0.6 is 0 Å². The van der Waals surface area contributed by atoms with Crippen LogP contribution in [-0.2, 0) is 19.9 Å². The summed E-state index contributed by atoms with van der Waals surface area (Å²) in [5.74, 6) is -0.0963. The lowest BCUT2D eigenvalue weighted by Crippen LogP contribution is -2.13. The molecule has 3 aromatic rings. The number of nitro benzene ring substituents is 1. The van der Waals surface area contributed by atoms with Gasteiger partial charge in [-0.25, -0.2) is 16.8 Å².